The molecule has 0 radical (unpaired) electrons. The first-order chi connectivity index (χ1) is 31.0. The fourth-order valence-electron chi connectivity index (χ4n) is 7.58. The Labute approximate surface area is 373 Å². The van der Waals surface area contributed by atoms with Crippen molar-refractivity contribution < 1.29 is 160 Å². The van der Waals surface area contributed by atoms with Crippen molar-refractivity contribution in [3.05, 3.63) is 0 Å². The summed E-state index contributed by atoms with van der Waals surface area (Å²) in [6.07, 6.45) is -54.1. The smallest absolute Gasteiger partial charge is 0.335 e. The molecule has 67 heavy (non-hydrogen) atoms. The molecule has 0 aromatic heterocycles. The van der Waals surface area contributed by atoms with Crippen LogP contribution >= 0.6 is 0 Å². The number of carbonyl (C=O) groups is 3. The minimum atomic E-state index is -5.48. The Morgan fingerprint density at radius 3 is 1.13 bits per heavy atom. The van der Waals surface area contributed by atoms with Gasteiger partial charge in [0, 0.05) is 0 Å². The molecule has 0 bridgehead atoms. The summed E-state index contributed by atoms with van der Waals surface area (Å²) in [6.45, 7) is -2.56. The third kappa shape index (κ3) is 12.3. The Hall–Kier alpha value is -2.69. The van der Waals surface area contributed by atoms with E-state index >= 15 is 0 Å². The maximum atomic E-state index is 12.6. The first-order valence-corrected chi connectivity index (χ1v) is 22.0. The molecule has 5 fully saturated rings. The number of nitrogens with one attached hydrogen (secondary N) is 2. The summed E-state index contributed by atoms with van der Waals surface area (Å²) in [6, 6.07) is -4.83. The number of aliphatic hydroxyl groups excluding tert-OH is 12. The summed E-state index contributed by atoms with van der Waals surface area (Å²) >= 11 is 0. The maximum absolute atomic E-state index is 12.6. The third-order valence-electron chi connectivity index (χ3n) is 10.8. The highest BCUT2D eigenvalue weighted by molar-refractivity contribution is 7.84. The van der Waals surface area contributed by atoms with Crippen molar-refractivity contribution in [1.29, 1.82) is 0 Å². The van der Waals surface area contributed by atoms with E-state index in [4.69, 9.17) is 42.6 Å². The van der Waals surface area contributed by atoms with E-state index in [1.807, 2.05) is 0 Å². The Bertz CT molecular complexity index is 1950. The van der Waals surface area contributed by atoms with Gasteiger partial charge in [-0.1, -0.05) is 0 Å². The highest BCUT2D eigenvalue weighted by Gasteiger charge is 2.59. The monoisotopic (exact) mass is 1030 g/mol. The number of ether oxygens (including phenoxy) is 9. The summed E-state index contributed by atoms with van der Waals surface area (Å²) in [5.74, 6) is -5.93. The lowest BCUT2D eigenvalue weighted by atomic mass is 9.94. The summed E-state index contributed by atoms with van der Waals surface area (Å²) in [4.78, 5) is 36.0. The maximum Gasteiger partial charge on any atom is 0.335 e. The topological polar surface area (TPSA) is 571 Å². The molecule has 0 aliphatic carbocycles. The van der Waals surface area contributed by atoms with Gasteiger partial charge in [0.2, 0.25) is 0 Å². The fourth-order valence-corrected chi connectivity index (χ4v) is 8.77. The quantitative estimate of drug-likeness (QED) is 0.0602. The van der Waals surface area contributed by atoms with Crippen molar-refractivity contribution in [2.45, 2.75) is 153 Å². The highest BCUT2D eigenvalue weighted by atomic mass is 32.2. The molecule has 388 valence electrons. The van der Waals surface area contributed by atoms with Crippen LogP contribution in [-0.2, 0) is 77.6 Å². The van der Waals surface area contributed by atoms with Crippen molar-refractivity contribution in [2.75, 3.05) is 13.2 Å². The van der Waals surface area contributed by atoms with Crippen LogP contribution in [0.4, 0.5) is 0 Å². The Morgan fingerprint density at radius 1 is 0.418 bits per heavy atom. The Kier molecular flexibility index (Phi) is 17.9. The normalized spacial score (nSPS) is 46.7. The Balaban J connectivity index is 1.38. The summed E-state index contributed by atoms with van der Waals surface area (Å²) < 4.78 is 118. The standard InChI is InChI=1S/C30H48N2O33S2/c33-1-3-16(60-29-14(42)9(37)10(38)20(64-29)23(44)45)7(35)6(32-67(54,55)56)28(58-3)63-19-12(40)15(43)30(65-22(19)25(48)49)61-17-4(2-34)57-27(5(8(17)36)31-66(51,52)53)62-18-11(39)13(41)26(50)59-21(18)24(46)47/h3-22,26-43,50H,1-2H2,(H,44,45)(H,46,47)(H,48,49)(H,51,52,53)(H,54,55,56)/t3-,4-,5-,6-,7-,8-,9+,10+,11-,12-,13-,14-,15-,16-,17-,18+,19+,20+,21+,22+,26?,27-,28-,29-,30-/m1/s1. The third-order valence-corrected chi connectivity index (χ3v) is 12.0. The zero-order valence-electron chi connectivity index (χ0n) is 33.3. The molecular weight excluding hydrogens is 980 g/mol. The van der Waals surface area contributed by atoms with Gasteiger partial charge in [-0.25, -0.2) is 14.4 Å². The average Bonchev–Trinajstić information content (AvgIpc) is 3.23. The number of aliphatic carboxylic acids is 3. The lowest BCUT2D eigenvalue weighted by Crippen LogP contribution is -2.70. The molecule has 0 saturated carbocycles. The first kappa shape index (κ1) is 55.2. The van der Waals surface area contributed by atoms with Gasteiger partial charge in [0.15, 0.2) is 49.8 Å². The number of carboxylic acid groups (broad SMARTS) is 3. The van der Waals surface area contributed by atoms with E-state index in [0.29, 0.717) is 0 Å². The van der Waals surface area contributed by atoms with Gasteiger partial charge in [-0.3, -0.25) is 9.11 Å². The van der Waals surface area contributed by atoms with Gasteiger partial charge in [0.05, 0.1) is 13.2 Å². The molecule has 1 unspecified atom stereocenters. The van der Waals surface area contributed by atoms with E-state index in [1.54, 1.807) is 0 Å². The molecule has 19 N–H and O–H groups in total. The molecule has 5 rings (SSSR count). The Morgan fingerprint density at radius 2 is 0.761 bits per heavy atom. The molecule has 25 atom stereocenters. The number of aliphatic hydroxyl groups is 12. The number of hydrogen-bond acceptors (Lipinski definition) is 28. The molecule has 0 aromatic carbocycles. The molecular formula is C30H48N2O33S2. The molecule has 0 aromatic rings. The number of hydrogen-bond donors (Lipinski definition) is 19. The largest absolute Gasteiger partial charge is 0.479 e. The molecule has 5 aliphatic rings. The van der Waals surface area contributed by atoms with Gasteiger partial charge >= 0.3 is 38.5 Å². The van der Waals surface area contributed by atoms with Crippen LogP contribution < -0.4 is 9.44 Å². The predicted molar refractivity (Wildman–Crippen MR) is 193 cm³/mol. The van der Waals surface area contributed by atoms with Crippen molar-refractivity contribution >= 4 is 38.5 Å². The van der Waals surface area contributed by atoms with Gasteiger partial charge in [0.1, 0.15) is 104 Å². The molecule has 5 aliphatic heterocycles. The zero-order chi connectivity index (χ0) is 50.4. The van der Waals surface area contributed by atoms with Gasteiger partial charge in [-0.05, 0) is 0 Å². The minimum absolute atomic E-state index is 1.27. The molecule has 5 saturated heterocycles. The lowest BCUT2D eigenvalue weighted by molar-refractivity contribution is -0.375. The van der Waals surface area contributed by atoms with Crippen LogP contribution in [0, 0.1) is 0 Å². The van der Waals surface area contributed by atoms with E-state index in [0.717, 1.165) is 0 Å². The second-order valence-electron chi connectivity index (χ2n) is 15.3. The number of carboxylic acids is 3. The number of rotatable bonds is 17. The molecule has 5 heterocycles. The second kappa shape index (κ2) is 21.7. The van der Waals surface area contributed by atoms with Crippen LogP contribution in [0.2, 0.25) is 0 Å². The molecule has 37 heteroatoms. The van der Waals surface area contributed by atoms with Gasteiger partial charge in [-0.15, -0.1) is 0 Å². The minimum Gasteiger partial charge on any atom is -0.479 e. The van der Waals surface area contributed by atoms with Crippen molar-refractivity contribution in [2.24, 2.45) is 0 Å². The van der Waals surface area contributed by atoms with Crippen LogP contribution in [0.15, 0.2) is 0 Å². The zero-order valence-corrected chi connectivity index (χ0v) is 34.9. The summed E-state index contributed by atoms with van der Waals surface area (Å²) in [5.41, 5.74) is 0. The second-order valence-corrected chi connectivity index (χ2v) is 17.7. The van der Waals surface area contributed by atoms with Gasteiger partial charge in [-0.2, -0.15) is 26.3 Å². The van der Waals surface area contributed by atoms with Crippen molar-refractivity contribution in [1.82, 2.24) is 9.44 Å². The van der Waals surface area contributed by atoms with E-state index in [9.17, 15) is 117 Å². The van der Waals surface area contributed by atoms with Crippen LogP contribution in [0.5, 0.6) is 0 Å². The lowest BCUT2D eigenvalue weighted by Gasteiger charge is -2.49. The average molecular weight is 1030 g/mol. The summed E-state index contributed by atoms with van der Waals surface area (Å²) in [5, 5.41) is 155. The van der Waals surface area contributed by atoms with Crippen LogP contribution in [-0.4, -0.2) is 287 Å². The van der Waals surface area contributed by atoms with Gasteiger partial charge in [0.25, 0.3) is 0 Å². The SMILES string of the molecule is O=C(O)[C@H]1O[C@@H](O[C@H]2[C@H](O)[C@@H](NS(=O)(=O)O)[C@@H](O[C@H]3[C@H](O)[C@@H](O)[C@H](O[C@H]4[C@H](O)[C@@H](NS(=O)(=O)O)[C@@H](O[C@H]5[C@H](O)[C@@H](O)C(O)O[C@@H]5C(=O)O)O[C@@H]4CO)O[C@@H]3C(=O)O)O[C@@H]2CO)[C@H](O)[C@@H](O)[C@@H]1O. The molecule has 0 amide bonds. The highest BCUT2D eigenvalue weighted by Crippen LogP contribution is 2.36. The van der Waals surface area contributed by atoms with E-state index in [-0.39, 0.29) is 0 Å². The van der Waals surface area contributed by atoms with Crippen LogP contribution in [0.1, 0.15) is 0 Å². The van der Waals surface area contributed by atoms with E-state index < -0.39 is 205 Å². The van der Waals surface area contributed by atoms with Crippen LogP contribution in [0.3, 0.4) is 0 Å². The predicted octanol–water partition coefficient (Wildman–Crippen LogP) is -12.8. The van der Waals surface area contributed by atoms with E-state index in [2.05, 4.69) is 0 Å². The van der Waals surface area contributed by atoms with Crippen molar-refractivity contribution in [3.63, 3.8) is 0 Å². The molecule has 0 spiro atoms. The van der Waals surface area contributed by atoms with Crippen molar-refractivity contribution in [3.8, 4) is 0 Å². The van der Waals surface area contributed by atoms with Crippen LogP contribution in [0.25, 0.3) is 0 Å². The molecule has 35 nitrogen and oxygen atoms in total. The first-order valence-electron chi connectivity index (χ1n) is 19.1. The van der Waals surface area contributed by atoms with E-state index in [1.165, 1.54) is 9.44 Å². The summed E-state index contributed by atoms with van der Waals surface area (Å²) in [7, 11) is -10.9. The fraction of sp³-hybridized carbons (Fsp3) is 0.900. The van der Waals surface area contributed by atoms with Gasteiger partial charge < -0.3 is 119 Å².